The Morgan fingerprint density at radius 2 is 0.857 bits per heavy atom. The van der Waals surface area contributed by atoms with Gasteiger partial charge in [-0.1, -0.05) is 46.4 Å². The molecule has 0 amide bonds. The number of alkyl halides is 4. The van der Waals surface area contributed by atoms with E-state index in [4.69, 9.17) is 46.4 Å². The minimum absolute atomic E-state index is 0. The maximum Gasteiger partial charge on any atom is 1.00 e. The standard InChI is InChI=1S/CCl4.ClH.K/c2-1(3,4)5;;/h;1H;/q;;+1/p-1. The molecule has 0 spiro atoms. The Balaban J connectivity index is -0.0000000800. The molecule has 0 unspecified atom stereocenters. The van der Waals surface area contributed by atoms with Crippen molar-refractivity contribution in [3.8, 4) is 0 Å². The third kappa shape index (κ3) is 47.9. The molecule has 0 aromatic carbocycles. The fourth-order valence-corrected chi connectivity index (χ4v) is 0. The first-order valence-electron chi connectivity index (χ1n) is 0.756. The van der Waals surface area contributed by atoms with E-state index in [0.717, 1.165) is 0 Å². The van der Waals surface area contributed by atoms with Gasteiger partial charge >= 0.3 is 51.4 Å². The first kappa shape index (κ1) is 16.6. The summed E-state index contributed by atoms with van der Waals surface area (Å²) < 4.78 is -1.61. The summed E-state index contributed by atoms with van der Waals surface area (Å²) in [6.07, 6.45) is 0. The van der Waals surface area contributed by atoms with Crippen LogP contribution < -0.4 is 63.8 Å². The summed E-state index contributed by atoms with van der Waals surface area (Å²) in [5, 5.41) is 0. The first-order chi connectivity index (χ1) is 2.00. The quantitative estimate of drug-likeness (QED) is 0.299. The molecule has 0 saturated carbocycles. The van der Waals surface area contributed by atoms with Crippen LogP contribution in [0.5, 0.6) is 0 Å². The van der Waals surface area contributed by atoms with Crippen molar-refractivity contribution in [1.29, 1.82) is 0 Å². The minimum Gasteiger partial charge on any atom is -1.00 e. The molecule has 0 bridgehead atoms. The van der Waals surface area contributed by atoms with Gasteiger partial charge in [-0.15, -0.1) is 0 Å². The molecule has 0 aromatic rings. The number of halogens is 5. The fraction of sp³-hybridized carbons (Fsp3) is 1.00. The predicted octanol–water partition coefficient (Wildman–Crippen LogP) is -3.44. The van der Waals surface area contributed by atoms with Crippen molar-refractivity contribution in [3.63, 3.8) is 0 Å². The van der Waals surface area contributed by atoms with Crippen LogP contribution in [-0.4, -0.2) is 3.25 Å². The van der Waals surface area contributed by atoms with Gasteiger partial charge in [0.1, 0.15) is 0 Å². The molecule has 0 aliphatic carbocycles. The Hall–Kier alpha value is 3.09. The molecule has 0 saturated heterocycles. The Morgan fingerprint density at radius 3 is 0.857 bits per heavy atom. The van der Waals surface area contributed by atoms with E-state index in [1.807, 2.05) is 0 Å². The molecule has 0 rings (SSSR count). The van der Waals surface area contributed by atoms with Gasteiger partial charge in [0, 0.05) is 0 Å². The molecule has 0 heterocycles. The summed E-state index contributed by atoms with van der Waals surface area (Å²) in [5.41, 5.74) is 0. The molecule has 0 nitrogen and oxygen atoms in total. The average Bonchev–Trinajstić information content (AvgIpc) is 0.722. The third-order valence-corrected chi connectivity index (χ3v) is 0. The molecular formula is CCl5K. The Kier molecular flexibility index (Phi) is 17.0. The van der Waals surface area contributed by atoms with Crippen LogP contribution in [0.15, 0.2) is 0 Å². The third-order valence-electron chi connectivity index (χ3n) is 0. The van der Waals surface area contributed by atoms with E-state index in [9.17, 15) is 0 Å². The van der Waals surface area contributed by atoms with Gasteiger partial charge in [0.25, 0.3) is 3.25 Å². The van der Waals surface area contributed by atoms with Crippen LogP contribution in [-0.2, 0) is 0 Å². The predicted molar refractivity (Wildman–Crippen MR) is 26.1 cm³/mol. The van der Waals surface area contributed by atoms with Crippen molar-refractivity contribution >= 4 is 46.4 Å². The maximum absolute atomic E-state index is 4.83. The number of rotatable bonds is 0. The molecule has 0 N–H and O–H groups in total. The molecule has 0 aliphatic heterocycles. The molecule has 7 heavy (non-hydrogen) atoms. The van der Waals surface area contributed by atoms with Crippen LogP contribution in [0.25, 0.3) is 0 Å². The van der Waals surface area contributed by atoms with E-state index in [2.05, 4.69) is 0 Å². The van der Waals surface area contributed by atoms with Crippen molar-refractivity contribution < 1.29 is 63.8 Å². The van der Waals surface area contributed by atoms with Crippen LogP contribution in [0.1, 0.15) is 0 Å². The van der Waals surface area contributed by atoms with Gasteiger partial charge in [-0.2, -0.15) is 0 Å². The molecule has 0 aromatic heterocycles. The van der Waals surface area contributed by atoms with Crippen LogP contribution >= 0.6 is 46.4 Å². The van der Waals surface area contributed by atoms with Gasteiger partial charge in [0.2, 0.25) is 0 Å². The number of hydrogen-bond acceptors (Lipinski definition) is 0. The van der Waals surface area contributed by atoms with Gasteiger partial charge < -0.3 is 12.4 Å². The van der Waals surface area contributed by atoms with E-state index in [0.29, 0.717) is 0 Å². The summed E-state index contributed by atoms with van der Waals surface area (Å²) in [6.45, 7) is 0. The van der Waals surface area contributed by atoms with Gasteiger partial charge in [-0.05, 0) is 0 Å². The second-order valence-electron chi connectivity index (χ2n) is 0.429. The molecule has 40 valence electrons. The van der Waals surface area contributed by atoms with Gasteiger partial charge in [-0.3, -0.25) is 0 Å². The zero-order valence-corrected chi connectivity index (χ0v) is 10.3. The van der Waals surface area contributed by atoms with E-state index >= 15 is 0 Å². The minimum atomic E-state index is -1.61. The zero-order valence-electron chi connectivity index (χ0n) is 3.39. The van der Waals surface area contributed by atoms with E-state index in [-0.39, 0.29) is 63.8 Å². The van der Waals surface area contributed by atoms with Crippen LogP contribution in [0.3, 0.4) is 0 Å². The fourth-order valence-electron chi connectivity index (χ4n) is 0. The molecule has 6 heteroatoms. The topological polar surface area (TPSA) is 0 Å². The van der Waals surface area contributed by atoms with Crippen molar-refractivity contribution in [2.24, 2.45) is 0 Å². The smallest absolute Gasteiger partial charge is 1.00 e. The Morgan fingerprint density at radius 1 is 0.857 bits per heavy atom. The summed E-state index contributed by atoms with van der Waals surface area (Å²) >= 11 is 19.3. The largest absolute Gasteiger partial charge is 1.00 e. The molecule has 0 fully saturated rings. The SMILES string of the molecule is ClC(Cl)(Cl)Cl.[Cl-].[K+]. The Labute approximate surface area is 111 Å². The zero-order chi connectivity index (χ0) is 4.50. The second-order valence-corrected chi connectivity index (χ2v) is 3.86. The second kappa shape index (κ2) is 7.20. The van der Waals surface area contributed by atoms with E-state index in [1.165, 1.54) is 0 Å². The summed E-state index contributed by atoms with van der Waals surface area (Å²) in [6, 6.07) is 0. The normalized spacial score (nSPS) is 8.57. The van der Waals surface area contributed by atoms with Crippen LogP contribution in [0, 0.1) is 0 Å². The summed E-state index contributed by atoms with van der Waals surface area (Å²) in [7, 11) is 0. The summed E-state index contributed by atoms with van der Waals surface area (Å²) in [5.74, 6) is 0. The monoisotopic (exact) mass is 226 g/mol. The molecular weight excluding hydrogens is 228 g/mol. The molecule has 0 aliphatic rings. The average molecular weight is 228 g/mol. The summed E-state index contributed by atoms with van der Waals surface area (Å²) in [4.78, 5) is 0. The van der Waals surface area contributed by atoms with Crippen LogP contribution in [0.4, 0.5) is 0 Å². The Bertz CT molecular complexity index is 23.6. The van der Waals surface area contributed by atoms with Crippen LogP contribution in [0.2, 0.25) is 0 Å². The van der Waals surface area contributed by atoms with Crippen molar-refractivity contribution in [2.75, 3.05) is 0 Å². The molecule has 0 atom stereocenters. The number of hydrogen-bond donors (Lipinski definition) is 0. The van der Waals surface area contributed by atoms with Gasteiger partial charge in [0.15, 0.2) is 0 Å². The first-order valence-corrected chi connectivity index (χ1v) is 2.27. The van der Waals surface area contributed by atoms with Gasteiger partial charge in [-0.25, -0.2) is 0 Å². The van der Waals surface area contributed by atoms with Crippen molar-refractivity contribution in [3.05, 3.63) is 0 Å². The van der Waals surface area contributed by atoms with Gasteiger partial charge in [0.05, 0.1) is 0 Å². The van der Waals surface area contributed by atoms with E-state index < -0.39 is 3.25 Å². The maximum atomic E-state index is 4.83. The van der Waals surface area contributed by atoms with E-state index in [1.54, 1.807) is 0 Å². The van der Waals surface area contributed by atoms with Crippen molar-refractivity contribution in [2.45, 2.75) is 3.25 Å². The van der Waals surface area contributed by atoms with Crippen molar-refractivity contribution in [1.82, 2.24) is 0 Å². The molecule has 0 radical (unpaired) electrons.